The van der Waals surface area contributed by atoms with Crippen LogP contribution in [0.4, 0.5) is 0 Å². The number of likely N-dealkylation sites (tertiary alicyclic amines) is 1. The Kier molecular flexibility index (Phi) is 2.08. The fourth-order valence-electron chi connectivity index (χ4n) is 4.12. The summed E-state index contributed by atoms with van der Waals surface area (Å²) in [5, 5.41) is 9.89. The molecule has 3 atom stereocenters. The highest BCUT2D eigenvalue weighted by molar-refractivity contribution is 5.44. The number of phenolic OH excluding ortho intramolecular Hbond substituents is 1. The number of piperidine rings is 1. The van der Waals surface area contributed by atoms with Gasteiger partial charge in [0, 0.05) is 16.7 Å². The summed E-state index contributed by atoms with van der Waals surface area (Å²) < 4.78 is 25.5. The number of aromatic hydroxyl groups is 1. The summed E-state index contributed by atoms with van der Waals surface area (Å²) in [6.07, 6.45) is 3.01. The van der Waals surface area contributed by atoms with Gasteiger partial charge in [-0.25, -0.2) is 0 Å². The number of hydrogen-bond donors (Lipinski definition) is 1. The molecule has 1 aromatic carbocycles. The van der Waals surface area contributed by atoms with Gasteiger partial charge in [-0.15, -0.1) is 0 Å². The molecular formula is C18H25NO. The molecule has 0 spiro atoms. The molecule has 2 bridgehead atoms. The summed E-state index contributed by atoms with van der Waals surface area (Å²) in [5.41, 5.74) is 2.43. The van der Waals surface area contributed by atoms with Crippen molar-refractivity contribution >= 4 is 0 Å². The maximum absolute atomic E-state index is 9.89. The summed E-state index contributed by atoms with van der Waals surface area (Å²) in [5.74, 6) is -0.296. The second kappa shape index (κ2) is 4.24. The highest BCUT2D eigenvalue weighted by Gasteiger charge is 2.48. The maximum Gasteiger partial charge on any atom is 0.115 e. The Labute approximate surface area is 126 Å². The van der Waals surface area contributed by atoms with Crippen molar-refractivity contribution in [2.75, 3.05) is 13.0 Å². The van der Waals surface area contributed by atoms with Crippen molar-refractivity contribution in [3.8, 4) is 5.75 Å². The summed E-state index contributed by atoms with van der Waals surface area (Å²) in [7, 11) is 0. The molecule has 1 N–H and O–H groups in total. The van der Waals surface area contributed by atoms with Crippen LogP contribution in [0.15, 0.2) is 18.2 Å². The normalized spacial score (nSPS) is 41.2. The molecule has 3 aliphatic rings. The summed E-state index contributed by atoms with van der Waals surface area (Å²) in [6, 6.07) is 5.76. The Morgan fingerprint density at radius 1 is 1.50 bits per heavy atom. The molecule has 0 aromatic heterocycles. The molecular weight excluding hydrogens is 246 g/mol. The van der Waals surface area contributed by atoms with Crippen molar-refractivity contribution in [2.45, 2.75) is 51.0 Å². The first kappa shape index (κ1) is 9.83. The lowest BCUT2D eigenvalue weighted by Gasteiger charge is -2.54. The molecule has 1 saturated carbocycles. The van der Waals surface area contributed by atoms with Gasteiger partial charge in [0.05, 0.1) is 0 Å². The first-order valence-corrected chi connectivity index (χ1v) is 7.78. The van der Waals surface area contributed by atoms with E-state index >= 15 is 0 Å². The van der Waals surface area contributed by atoms with Crippen molar-refractivity contribution in [3.63, 3.8) is 0 Å². The van der Waals surface area contributed by atoms with Crippen LogP contribution < -0.4 is 0 Å². The molecule has 4 rings (SSSR count). The van der Waals surface area contributed by atoms with Crippen LogP contribution in [-0.4, -0.2) is 29.1 Å². The largest absolute Gasteiger partial charge is 0.508 e. The Hall–Kier alpha value is -1.02. The number of phenols is 1. The third-order valence-corrected chi connectivity index (χ3v) is 5.79. The Bertz CT molecular complexity index is 658. The fourth-order valence-corrected chi connectivity index (χ4v) is 4.12. The first-order valence-electron chi connectivity index (χ1n) is 9.28. The monoisotopic (exact) mass is 274 g/mol. The van der Waals surface area contributed by atoms with Crippen molar-refractivity contribution < 1.29 is 9.22 Å². The van der Waals surface area contributed by atoms with E-state index in [1.807, 2.05) is 17.0 Å². The molecule has 1 saturated heterocycles. The van der Waals surface area contributed by atoms with Gasteiger partial charge in [0.15, 0.2) is 0 Å². The maximum atomic E-state index is 9.89. The molecule has 1 aliphatic heterocycles. The van der Waals surface area contributed by atoms with E-state index < -0.39 is 12.4 Å². The fraction of sp³-hybridized carbons (Fsp3) is 0.667. The lowest BCUT2D eigenvalue weighted by Crippen LogP contribution is -2.58. The second-order valence-electron chi connectivity index (χ2n) is 6.98. The zero-order chi connectivity index (χ0) is 16.6. The van der Waals surface area contributed by atoms with Crippen LogP contribution in [0.25, 0.3) is 0 Å². The van der Waals surface area contributed by atoms with Crippen LogP contribution in [0.1, 0.15) is 48.3 Å². The number of rotatable bonds is 2. The van der Waals surface area contributed by atoms with Gasteiger partial charge in [0.1, 0.15) is 5.75 Å². The zero-order valence-electron chi connectivity index (χ0n) is 15.3. The van der Waals surface area contributed by atoms with E-state index in [2.05, 4.69) is 13.8 Å². The Balaban J connectivity index is 1.76. The van der Waals surface area contributed by atoms with Crippen molar-refractivity contribution in [2.24, 2.45) is 11.8 Å². The lowest BCUT2D eigenvalue weighted by atomic mass is 9.59. The molecule has 1 heterocycles. The van der Waals surface area contributed by atoms with Crippen LogP contribution in [-0.2, 0) is 11.8 Å². The Morgan fingerprint density at radius 2 is 2.30 bits per heavy atom. The van der Waals surface area contributed by atoms with E-state index in [0.717, 1.165) is 12.8 Å². The third kappa shape index (κ3) is 1.81. The standard InChI is InChI=1S/C18H25NO/c1-12-17-9-14-5-6-15(20)10-16(14)18(12,2)7-8-19(17)11-13-3-4-13/h5-6,10,12-13,17,20H,3-4,7-9,11H2,1-2H3/t12?,17-,18+/m0/s1/i11D2,13D. The molecule has 2 nitrogen and oxygen atoms in total. The topological polar surface area (TPSA) is 23.5 Å². The SMILES string of the molecule is [2H]C1(C([2H])([2H])N2CC[C@@]3(C)c4cc(O)ccc4C[C@H]2C3C)CC1. The number of nitrogens with zero attached hydrogens (tertiary/aromatic N) is 1. The molecule has 108 valence electrons. The second-order valence-corrected chi connectivity index (χ2v) is 6.98. The highest BCUT2D eigenvalue weighted by Crippen LogP contribution is 2.49. The van der Waals surface area contributed by atoms with E-state index in [-0.39, 0.29) is 11.5 Å². The number of hydrogen-bond acceptors (Lipinski definition) is 2. The molecule has 0 amide bonds. The number of fused-ring (bicyclic) bond motifs is 4. The molecule has 20 heavy (non-hydrogen) atoms. The van der Waals surface area contributed by atoms with Gasteiger partial charge in [0.2, 0.25) is 0 Å². The minimum Gasteiger partial charge on any atom is -0.508 e. The van der Waals surface area contributed by atoms with Gasteiger partial charge in [-0.05, 0) is 72.7 Å². The van der Waals surface area contributed by atoms with Gasteiger partial charge in [-0.1, -0.05) is 19.9 Å². The smallest absolute Gasteiger partial charge is 0.115 e. The predicted molar refractivity (Wildman–Crippen MR) is 81.0 cm³/mol. The van der Waals surface area contributed by atoms with Crippen LogP contribution in [0.3, 0.4) is 0 Å². The van der Waals surface area contributed by atoms with E-state index in [1.54, 1.807) is 6.07 Å². The highest BCUT2D eigenvalue weighted by atomic mass is 16.3. The zero-order valence-corrected chi connectivity index (χ0v) is 12.3. The predicted octanol–water partition coefficient (Wildman–Crippen LogP) is 3.33. The van der Waals surface area contributed by atoms with Gasteiger partial charge < -0.3 is 5.11 Å². The first-order chi connectivity index (χ1) is 10.7. The van der Waals surface area contributed by atoms with Crippen LogP contribution in [0.2, 0.25) is 0 Å². The van der Waals surface area contributed by atoms with Gasteiger partial charge in [-0.2, -0.15) is 0 Å². The molecule has 0 radical (unpaired) electrons. The van der Waals surface area contributed by atoms with E-state index in [4.69, 9.17) is 4.11 Å². The summed E-state index contributed by atoms with van der Waals surface area (Å²) in [6.45, 7) is 3.60. The molecule has 2 fully saturated rings. The van der Waals surface area contributed by atoms with Crippen molar-refractivity contribution in [1.82, 2.24) is 4.90 Å². The van der Waals surface area contributed by atoms with Crippen LogP contribution in [0.5, 0.6) is 5.75 Å². The third-order valence-electron chi connectivity index (χ3n) is 5.79. The summed E-state index contributed by atoms with van der Waals surface area (Å²) in [4.78, 5) is 1.98. The minimum atomic E-state index is -1.55. The molecule has 1 unspecified atom stereocenters. The lowest BCUT2D eigenvalue weighted by molar-refractivity contribution is 0.0283. The van der Waals surface area contributed by atoms with Crippen molar-refractivity contribution in [3.05, 3.63) is 29.3 Å². The van der Waals surface area contributed by atoms with E-state index in [0.29, 0.717) is 31.1 Å². The molecule has 2 aliphatic carbocycles. The average Bonchev–Trinajstić information content (AvgIpc) is 3.23. The van der Waals surface area contributed by atoms with Crippen molar-refractivity contribution in [1.29, 1.82) is 0 Å². The molecule has 1 aromatic rings. The average molecular weight is 274 g/mol. The van der Waals surface area contributed by atoms with Gasteiger partial charge in [-0.3, -0.25) is 4.90 Å². The molecule has 2 heteroatoms. The number of benzene rings is 1. The van der Waals surface area contributed by atoms with Gasteiger partial charge in [0.25, 0.3) is 0 Å². The van der Waals surface area contributed by atoms with Crippen LogP contribution in [0, 0.1) is 11.8 Å². The van der Waals surface area contributed by atoms with Gasteiger partial charge >= 0.3 is 0 Å². The summed E-state index contributed by atoms with van der Waals surface area (Å²) >= 11 is 0. The van der Waals surface area contributed by atoms with E-state index in [1.165, 1.54) is 11.1 Å². The van der Waals surface area contributed by atoms with E-state index in [9.17, 15) is 5.11 Å². The van der Waals surface area contributed by atoms with Crippen LogP contribution >= 0.6 is 0 Å². The Morgan fingerprint density at radius 3 is 3.05 bits per heavy atom. The minimum absolute atomic E-state index is 0.0255. The quantitative estimate of drug-likeness (QED) is 0.894.